The zero-order valence-corrected chi connectivity index (χ0v) is 15.7. The summed E-state index contributed by atoms with van der Waals surface area (Å²) in [5.74, 6) is -2.72. The third-order valence-corrected chi connectivity index (χ3v) is 5.98. The molecule has 0 fully saturated rings. The van der Waals surface area contributed by atoms with Gasteiger partial charge in [-0.3, -0.25) is 0 Å². The lowest BCUT2D eigenvalue weighted by Crippen LogP contribution is -2.24. The van der Waals surface area contributed by atoms with Gasteiger partial charge in [-0.25, -0.2) is 17.2 Å². The van der Waals surface area contributed by atoms with E-state index < -0.39 is 27.7 Å². The predicted molar refractivity (Wildman–Crippen MR) is 94.5 cm³/mol. The molecule has 7 heteroatoms. The zero-order chi connectivity index (χ0) is 19.3. The summed E-state index contributed by atoms with van der Waals surface area (Å²) in [5, 5.41) is 10.4. The van der Waals surface area contributed by atoms with Gasteiger partial charge in [-0.15, -0.1) is 0 Å². The van der Waals surface area contributed by atoms with Gasteiger partial charge >= 0.3 is 0 Å². The lowest BCUT2D eigenvalue weighted by atomic mass is 9.83. The van der Waals surface area contributed by atoms with E-state index in [0.29, 0.717) is 22.3 Å². The molecule has 0 radical (unpaired) electrons. The molecule has 1 aliphatic carbocycles. The summed E-state index contributed by atoms with van der Waals surface area (Å²) in [4.78, 5) is 0.192. The molecule has 4 nitrogen and oxygen atoms in total. The molecule has 0 saturated heterocycles. The molecule has 1 heterocycles. The number of rotatable bonds is 3. The van der Waals surface area contributed by atoms with Gasteiger partial charge in [0.1, 0.15) is 0 Å². The van der Waals surface area contributed by atoms with Crippen LogP contribution in [-0.4, -0.2) is 37.6 Å². The summed E-state index contributed by atoms with van der Waals surface area (Å²) in [6.45, 7) is 3.59. The smallest absolute Gasteiger partial charge is 0.251 e. The first-order valence-corrected chi connectivity index (χ1v) is 10.3. The highest BCUT2D eigenvalue weighted by molar-refractivity contribution is 7.90. The van der Waals surface area contributed by atoms with Crippen LogP contribution in [0, 0.1) is 0 Å². The first-order valence-electron chi connectivity index (χ1n) is 8.39. The Bertz CT molecular complexity index is 881. The van der Waals surface area contributed by atoms with E-state index >= 15 is 0 Å². The highest BCUT2D eigenvalue weighted by atomic mass is 32.2. The second-order valence-electron chi connectivity index (χ2n) is 7.36. The van der Waals surface area contributed by atoms with Crippen molar-refractivity contribution in [3.8, 4) is 0 Å². The zero-order valence-electron chi connectivity index (χ0n) is 14.9. The molecule has 0 aromatic heterocycles. The van der Waals surface area contributed by atoms with E-state index in [2.05, 4.69) is 0 Å². The van der Waals surface area contributed by atoms with Crippen molar-refractivity contribution in [3.05, 3.63) is 47.1 Å². The van der Waals surface area contributed by atoms with E-state index in [-0.39, 0.29) is 24.2 Å². The summed E-state index contributed by atoms with van der Waals surface area (Å²) in [7, 11) is -3.32. The van der Waals surface area contributed by atoms with Crippen LogP contribution in [0.4, 0.5) is 8.78 Å². The molecule has 26 heavy (non-hydrogen) atoms. The van der Waals surface area contributed by atoms with E-state index in [1.54, 1.807) is 26.0 Å². The Balaban J connectivity index is 2.10. The van der Waals surface area contributed by atoms with Crippen LogP contribution < -0.4 is 0 Å². The van der Waals surface area contributed by atoms with Crippen LogP contribution in [-0.2, 0) is 14.6 Å². The van der Waals surface area contributed by atoms with Crippen molar-refractivity contribution in [2.24, 2.45) is 0 Å². The van der Waals surface area contributed by atoms with Gasteiger partial charge in [0.2, 0.25) is 0 Å². The SMILES string of the molecule is CC1(C)OC(O)C(C2=CCC(F)(F)CC2)=C1c1ccc(S(C)(=O)=O)cc1. The van der Waals surface area contributed by atoms with Crippen LogP contribution in [0.15, 0.2) is 46.4 Å². The average molecular weight is 384 g/mol. The lowest BCUT2D eigenvalue weighted by molar-refractivity contribution is -0.110. The molecule has 142 valence electrons. The van der Waals surface area contributed by atoms with Crippen molar-refractivity contribution < 1.29 is 27.0 Å². The molecule has 1 unspecified atom stereocenters. The number of sulfone groups is 1. The molecule has 0 spiro atoms. The predicted octanol–water partition coefficient (Wildman–Crippen LogP) is 3.72. The molecule has 1 aliphatic heterocycles. The fourth-order valence-electron chi connectivity index (χ4n) is 3.57. The van der Waals surface area contributed by atoms with Crippen molar-refractivity contribution in [2.75, 3.05) is 6.26 Å². The number of aliphatic hydroxyl groups is 1. The topological polar surface area (TPSA) is 63.6 Å². The van der Waals surface area contributed by atoms with Gasteiger partial charge in [0.05, 0.1) is 10.5 Å². The Morgan fingerprint density at radius 1 is 1.19 bits per heavy atom. The minimum Gasteiger partial charge on any atom is -0.364 e. The van der Waals surface area contributed by atoms with Gasteiger partial charge in [-0.2, -0.15) is 0 Å². The summed E-state index contributed by atoms with van der Waals surface area (Å²) in [6, 6.07) is 6.32. The van der Waals surface area contributed by atoms with E-state index in [9.17, 15) is 22.3 Å². The lowest BCUT2D eigenvalue weighted by Gasteiger charge is -2.24. The molecule has 1 N–H and O–H groups in total. The summed E-state index contributed by atoms with van der Waals surface area (Å²) < 4.78 is 55.9. The van der Waals surface area contributed by atoms with Gasteiger partial charge in [0.25, 0.3) is 5.92 Å². The molecule has 1 aromatic carbocycles. The Morgan fingerprint density at radius 2 is 1.81 bits per heavy atom. The van der Waals surface area contributed by atoms with Crippen LogP contribution in [0.5, 0.6) is 0 Å². The monoisotopic (exact) mass is 384 g/mol. The fraction of sp³-hybridized carbons (Fsp3) is 0.474. The molecule has 3 rings (SSSR count). The molecule has 0 amide bonds. The van der Waals surface area contributed by atoms with Gasteiger partial charge in [-0.05, 0) is 49.1 Å². The minimum absolute atomic E-state index is 0.157. The highest BCUT2D eigenvalue weighted by Crippen LogP contribution is 2.47. The average Bonchev–Trinajstić information content (AvgIpc) is 2.75. The van der Waals surface area contributed by atoms with Crippen molar-refractivity contribution in [1.29, 1.82) is 0 Å². The number of halogens is 2. The van der Waals surface area contributed by atoms with E-state index in [4.69, 9.17) is 4.74 Å². The Labute approximate surface area is 152 Å². The number of allylic oxidation sites excluding steroid dienone is 1. The number of hydrogen-bond donors (Lipinski definition) is 1. The Kier molecular flexibility index (Phi) is 4.61. The maximum Gasteiger partial charge on any atom is 0.251 e. The van der Waals surface area contributed by atoms with Crippen LogP contribution in [0.25, 0.3) is 5.57 Å². The molecular formula is C19H22F2O4S. The largest absolute Gasteiger partial charge is 0.364 e. The maximum atomic E-state index is 13.5. The molecule has 1 aromatic rings. The normalized spacial score (nSPS) is 25.3. The number of aliphatic hydroxyl groups excluding tert-OH is 1. The van der Waals surface area contributed by atoms with Crippen LogP contribution in [0.1, 0.15) is 38.7 Å². The molecule has 0 bridgehead atoms. The van der Waals surface area contributed by atoms with E-state index in [0.717, 1.165) is 6.26 Å². The van der Waals surface area contributed by atoms with Crippen LogP contribution in [0.3, 0.4) is 0 Å². The summed E-state index contributed by atoms with van der Waals surface area (Å²) >= 11 is 0. The van der Waals surface area contributed by atoms with Gasteiger partial charge in [0.15, 0.2) is 16.1 Å². The minimum atomic E-state index is -3.32. The Hall–Kier alpha value is -1.57. The maximum absolute atomic E-state index is 13.5. The number of hydrogen-bond acceptors (Lipinski definition) is 4. The van der Waals surface area contributed by atoms with Crippen molar-refractivity contribution >= 4 is 15.4 Å². The number of benzene rings is 1. The third-order valence-electron chi connectivity index (χ3n) is 4.85. The first kappa shape index (κ1) is 19.2. The highest BCUT2D eigenvalue weighted by Gasteiger charge is 2.43. The quantitative estimate of drug-likeness (QED) is 0.863. The standard InChI is InChI=1S/C19H22F2O4S/c1-18(2)16(13-4-6-14(7-5-13)26(3,23)24)15(17(22)25-18)12-8-10-19(20,21)11-9-12/h4-8,17,22H,9-11H2,1-3H3. The van der Waals surface area contributed by atoms with Crippen molar-refractivity contribution in [3.63, 3.8) is 0 Å². The number of alkyl halides is 2. The fourth-order valence-corrected chi connectivity index (χ4v) is 4.21. The van der Waals surface area contributed by atoms with Crippen molar-refractivity contribution in [1.82, 2.24) is 0 Å². The van der Waals surface area contributed by atoms with Gasteiger partial charge < -0.3 is 9.84 Å². The molecule has 2 aliphatic rings. The van der Waals surface area contributed by atoms with Gasteiger partial charge in [0, 0.05) is 24.7 Å². The third kappa shape index (κ3) is 3.61. The van der Waals surface area contributed by atoms with Crippen LogP contribution in [0.2, 0.25) is 0 Å². The molecular weight excluding hydrogens is 362 g/mol. The van der Waals surface area contributed by atoms with E-state index in [1.165, 1.54) is 18.2 Å². The second-order valence-corrected chi connectivity index (χ2v) is 9.37. The molecule has 0 saturated carbocycles. The van der Waals surface area contributed by atoms with E-state index in [1.807, 2.05) is 0 Å². The second kappa shape index (κ2) is 6.25. The Morgan fingerprint density at radius 3 is 2.31 bits per heavy atom. The van der Waals surface area contributed by atoms with Gasteiger partial charge in [-0.1, -0.05) is 18.2 Å². The number of ether oxygens (including phenoxy) is 1. The summed E-state index contributed by atoms with van der Waals surface area (Å²) in [6.07, 6.45) is 0.926. The first-order chi connectivity index (χ1) is 11.9. The van der Waals surface area contributed by atoms with Crippen LogP contribution >= 0.6 is 0 Å². The van der Waals surface area contributed by atoms with Crippen molar-refractivity contribution in [2.45, 2.75) is 55.8 Å². The summed E-state index contributed by atoms with van der Waals surface area (Å²) in [5.41, 5.74) is 1.74. The molecule has 1 atom stereocenters.